The molecule has 1 heterocycles. The van der Waals surface area contributed by atoms with Crippen LogP contribution in [0.3, 0.4) is 0 Å². The molecule has 0 radical (unpaired) electrons. The van der Waals surface area contributed by atoms with Gasteiger partial charge in [0, 0.05) is 24.3 Å². The monoisotopic (exact) mass is 488 g/mol. The third kappa shape index (κ3) is 6.74. The van der Waals surface area contributed by atoms with E-state index in [1.165, 1.54) is 11.1 Å². The van der Waals surface area contributed by atoms with Gasteiger partial charge in [0.05, 0.1) is 11.1 Å². The number of anilines is 2. The maximum atomic E-state index is 12.3. The van der Waals surface area contributed by atoms with E-state index in [1.54, 1.807) is 5.32 Å². The van der Waals surface area contributed by atoms with Crippen LogP contribution >= 0.6 is 0 Å². The highest BCUT2D eigenvalue weighted by Gasteiger charge is 2.37. The van der Waals surface area contributed by atoms with Crippen LogP contribution in [0, 0.1) is 25.7 Å². The van der Waals surface area contributed by atoms with Crippen LogP contribution in [0.5, 0.6) is 0 Å². The van der Waals surface area contributed by atoms with Crippen molar-refractivity contribution in [3.05, 3.63) is 58.7 Å². The second kappa shape index (κ2) is 10.5. The van der Waals surface area contributed by atoms with Crippen LogP contribution in [0.2, 0.25) is 0 Å². The molecule has 0 aliphatic carbocycles. The zero-order valence-electron chi connectivity index (χ0n) is 19.1. The third-order valence-corrected chi connectivity index (χ3v) is 5.62. The predicted octanol–water partition coefficient (Wildman–Crippen LogP) is 6.60. The van der Waals surface area contributed by atoms with Gasteiger partial charge in [-0.05, 0) is 55.0 Å². The summed E-state index contributed by atoms with van der Waals surface area (Å²) in [5, 5.41) is 1.75. The number of nitrogens with one attached hydrogen (secondary N) is 1. The Kier molecular flexibility index (Phi) is 8.39. The highest BCUT2D eigenvalue weighted by atomic mass is 19.4. The van der Waals surface area contributed by atoms with Crippen molar-refractivity contribution in [2.24, 2.45) is 11.8 Å². The Labute approximate surface area is 193 Å². The molecule has 186 valence electrons. The zero-order valence-corrected chi connectivity index (χ0v) is 19.1. The van der Waals surface area contributed by atoms with Gasteiger partial charge in [0.2, 0.25) is 12.3 Å². The smallest absolute Gasteiger partial charge is 0.329 e. The summed E-state index contributed by atoms with van der Waals surface area (Å²) in [6, 6.07) is 7.04. The maximum Gasteiger partial charge on any atom is 0.416 e. The van der Waals surface area contributed by atoms with Gasteiger partial charge in [-0.25, -0.2) is 0 Å². The van der Waals surface area contributed by atoms with Crippen molar-refractivity contribution in [1.82, 2.24) is 0 Å². The summed E-state index contributed by atoms with van der Waals surface area (Å²) in [6.45, 7) is 9.44. The van der Waals surface area contributed by atoms with Gasteiger partial charge < -0.3 is 10.2 Å². The van der Waals surface area contributed by atoms with Crippen molar-refractivity contribution in [3.63, 3.8) is 0 Å². The van der Waals surface area contributed by atoms with Crippen LogP contribution in [0.1, 0.15) is 42.5 Å². The lowest BCUT2D eigenvalue weighted by Gasteiger charge is -2.22. The predicted molar refractivity (Wildman–Crippen MR) is 117 cm³/mol. The number of nitrogens with zero attached hydrogens (tertiary/aromatic N) is 1. The third-order valence-electron chi connectivity index (χ3n) is 5.62. The van der Waals surface area contributed by atoms with Gasteiger partial charge in [0.25, 0.3) is 0 Å². The first-order valence-electron chi connectivity index (χ1n) is 10.5. The number of hydrogen-bond donors (Lipinski definition) is 1. The molecule has 1 saturated heterocycles. The Morgan fingerprint density at radius 3 is 1.85 bits per heavy atom. The molecular formula is C24H26F6N2O2. The quantitative estimate of drug-likeness (QED) is 0.389. The fraction of sp³-hybridized carbons (Fsp3) is 0.417. The Balaban J connectivity index is 0.000000240. The number of amides is 2. The summed E-state index contributed by atoms with van der Waals surface area (Å²) in [5.74, 6) is 1.36. The van der Waals surface area contributed by atoms with Gasteiger partial charge >= 0.3 is 12.4 Å². The number of para-hydroxylation sites is 1. The van der Waals surface area contributed by atoms with Crippen LogP contribution in [0.25, 0.3) is 0 Å². The van der Waals surface area contributed by atoms with Crippen molar-refractivity contribution in [2.45, 2.75) is 46.5 Å². The number of rotatable bonds is 4. The molecule has 0 bridgehead atoms. The van der Waals surface area contributed by atoms with E-state index in [0.29, 0.717) is 30.4 Å². The van der Waals surface area contributed by atoms with Crippen molar-refractivity contribution in [1.29, 1.82) is 0 Å². The molecule has 4 nitrogen and oxygen atoms in total. The van der Waals surface area contributed by atoms with Crippen LogP contribution in [0.15, 0.2) is 36.4 Å². The lowest BCUT2D eigenvalue weighted by Crippen LogP contribution is -2.26. The number of carbonyl (C=O) groups is 2. The summed E-state index contributed by atoms with van der Waals surface area (Å²) in [6.07, 6.45) is -9.14. The number of hydrogen-bond acceptors (Lipinski definition) is 2. The average molecular weight is 488 g/mol. The number of carbonyl (C=O) groups excluding carboxylic acids is 2. The van der Waals surface area contributed by atoms with Crippen LogP contribution in [-0.2, 0) is 21.9 Å². The van der Waals surface area contributed by atoms with E-state index in [-0.39, 0.29) is 18.4 Å². The van der Waals surface area contributed by atoms with E-state index in [1.807, 2.05) is 4.90 Å². The second-order valence-corrected chi connectivity index (χ2v) is 8.51. The molecule has 3 rings (SSSR count). The highest BCUT2D eigenvalue weighted by molar-refractivity contribution is 5.97. The van der Waals surface area contributed by atoms with Crippen LogP contribution in [-0.4, -0.2) is 18.9 Å². The van der Waals surface area contributed by atoms with Gasteiger partial charge in [-0.1, -0.05) is 32.0 Å². The standard InChI is InChI=1S/C15H21NO.C9H5F6NO/c1-10(2)13-8-14(17)16(9-13)15-11(3)6-5-7-12(15)4;10-8(11,12)5-1-6(9(13,14)15)3-7(2-5)16-4-17/h5-7,10,13H,8-9H2,1-4H3;1-4H,(H,16,17). The van der Waals surface area contributed by atoms with Gasteiger partial charge in [-0.2, -0.15) is 26.3 Å². The highest BCUT2D eigenvalue weighted by Crippen LogP contribution is 2.37. The Hall–Kier alpha value is -3.04. The molecule has 0 saturated carbocycles. The van der Waals surface area contributed by atoms with E-state index in [2.05, 4.69) is 45.9 Å². The SMILES string of the molecule is Cc1cccc(C)c1N1CC(C(C)C)CC1=O.O=CNc1cc(C(F)(F)F)cc(C(F)(F)F)c1. The minimum absolute atomic E-state index is 0.00432. The molecule has 2 aromatic carbocycles. The first kappa shape index (κ1) is 27.2. The Morgan fingerprint density at radius 2 is 1.47 bits per heavy atom. The van der Waals surface area contributed by atoms with Gasteiger partial charge in [0.15, 0.2) is 0 Å². The van der Waals surface area contributed by atoms with Gasteiger partial charge in [-0.15, -0.1) is 0 Å². The van der Waals surface area contributed by atoms with E-state index < -0.39 is 29.2 Å². The van der Waals surface area contributed by atoms with Gasteiger partial charge in [-0.3, -0.25) is 9.59 Å². The first-order chi connectivity index (χ1) is 15.6. The Morgan fingerprint density at radius 1 is 0.971 bits per heavy atom. The molecule has 34 heavy (non-hydrogen) atoms. The van der Waals surface area contributed by atoms with E-state index in [0.717, 1.165) is 12.2 Å². The summed E-state index contributed by atoms with van der Waals surface area (Å²) < 4.78 is 73.8. The van der Waals surface area contributed by atoms with Crippen molar-refractivity contribution in [2.75, 3.05) is 16.8 Å². The molecule has 0 aromatic heterocycles. The molecule has 1 N–H and O–H groups in total. The van der Waals surface area contributed by atoms with Gasteiger partial charge in [0.1, 0.15) is 0 Å². The normalized spacial score (nSPS) is 16.4. The maximum absolute atomic E-state index is 12.3. The van der Waals surface area contributed by atoms with Crippen molar-refractivity contribution >= 4 is 23.7 Å². The molecule has 2 aromatic rings. The van der Waals surface area contributed by atoms with Crippen molar-refractivity contribution in [3.8, 4) is 0 Å². The van der Waals surface area contributed by atoms with Crippen molar-refractivity contribution < 1.29 is 35.9 Å². The lowest BCUT2D eigenvalue weighted by molar-refractivity contribution is -0.143. The number of alkyl halides is 6. The molecule has 1 aliphatic heterocycles. The summed E-state index contributed by atoms with van der Waals surface area (Å²) in [7, 11) is 0. The van der Waals surface area contributed by atoms with Crippen LogP contribution in [0.4, 0.5) is 37.7 Å². The minimum Gasteiger partial charge on any atom is -0.329 e. The topological polar surface area (TPSA) is 49.4 Å². The summed E-state index contributed by atoms with van der Waals surface area (Å²) in [4.78, 5) is 24.1. The molecule has 1 aliphatic rings. The fourth-order valence-corrected chi connectivity index (χ4v) is 3.74. The molecule has 1 fully saturated rings. The average Bonchev–Trinajstić information content (AvgIpc) is 3.09. The minimum atomic E-state index is -4.92. The van der Waals surface area contributed by atoms with Crippen LogP contribution < -0.4 is 10.2 Å². The molecule has 1 unspecified atom stereocenters. The molecule has 10 heteroatoms. The summed E-state index contributed by atoms with van der Waals surface area (Å²) >= 11 is 0. The largest absolute Gasteiger partial charge is 0.416 e. The number of aryl methyl sites for hydroxylation is 2. The zero-order chi connectivity index (χ0) is 25.8. The Bertz CT molecular complexity index is 979. The molecular weight excluding hydrogens is 462 g/mol. The lowest BCUT2D eigenvalue weighted by atomic mass is 9.95. The molecule has 1 atom stereocenters. The van der Waals surface area contributed by atoms with E-state index in [4.69, 9.17) is 0 Å². The van der Waals surface area contributed by atoms with E-state index >= 15 is 0 Å². The fourth-order valence-electron chi connectivity index (χ4n) is 3.74. The second-order valence-electron chi connectivity index (χ2n) is 8.51. The summed E-state index contributed by atoms with van der Waals surface area (Å²) in [5.41, 5.74) is 0.00154. The van der Waals surface area contributed by atoms with E-state index in [9.17, 15) is 35.9 Å². The number of benzene rings is 2. The number of halogens is 6. The first-order valence-corrected chi connectivity index (χ1v) is 10.5. The molecule has 0 spiro atoms. The molecule has 2 amide bonds.